The molecule has 1 aromatic heterocycles. The number of amides is 2. The van der Waals surface area contributed by atoms with Gasteiger partial charge in [-0.1, -0.05) is 37.0 Å². The van der Waals surface area contributed by atoms with Gasteiger partial charge in [-0.2, -0.15) is 0 Å². The van der Waals surface area contributed by atoms with E-state index in [2.05, 4.69) is 10.6 Å². The van der Waals surface area contributed by atoms with Crippen LogP contribution in [0.3, 0.4) is 0 Å². The summed E-state index contributed by atoms with van der Waals surface area (Å²) in [4.78, 5) is 24.0. The first-order valence-corrected chi connectivity index (χ1v) is 8.58. The molecule has 0 radical (unpaired) electrons. The van der Waals surface area contributed by atoms with Gasteiger partial charge >= 0.3 is 0 Å². The van der Waals surface area contributed by atoms with Crippen molar-refractivity contribution in [2.24, 2.45) is 5.92 Å². The van der Waals surface area contributed by atoms with Gasteiger partial charge in [0.2, 0.25) is 0 Å². The molecule has 0 fully saturated rings. The van der Waals surface area contributed by atoms with E-state index in [1.54, 1.807) is 24.3 Å². The lowest BCUT2D eigenvalue weighted by molar-refractivity contribution is 0.0948. The third-order valence-electron chi connectivity index (χ3n) is 2.98. The highest BCUT2D eigenvalue weighted by Gasteiger charge is 2.14. The molecule has 0 spiro atoms. The molecule has 0 saturated heterocycles. The van der Waals surface area contributed by atoms with Crippen LogP contribution in [0.4, 0.5) is 5.69 Å². The van der Waals surface area contributed by atoms with Gasteiger partial charge in [0.25, 0.3) is 11.8 Å². The molecule has 0 bridgehead atoms. The number of thiophene rings is 1. The SMILES string of the molecule is CC(C)CNC(=O)c1ccc(NC(=O)c2cc(Cl)sc2Cl)cc1. The molecule has 2 aromatic rings. The highest BCUT2D eigenvalue weighted by atomic mass is 35.5. The Kier molecular flexibility index (Phi) is 6.04. The zero-order valence-corrected chi connectivity index (χ0v) is 15.0. The minimum absolute atomic E-state index is 0.135. The van der Waals surface area contributed by atoms with E-state index in [1.807, 2.05) is 13.8 Å². The minimum Gasteiger partial charge on any atom is -0.352 e. The van der Waals surface area contributed by atoms with Crippen LogP contribution in [0.2, 0.25) is 8.67 Å². The third kappa shape index (κ3) is 4.96. The second-order valence-corrected chi connectivity index (χ2v) is 7.66. The predicted octanol–water partition coefficient (Wildman–Crippen LogP) is 4.69. The van der Waals surface area contributed by atoms with E-state index in [-0.39, 0.29) is 11.8 Å². The fourth-order valence-corrected chi connectivity index (χ4v) is 3.26. The number of carbonyl (C=O) groups is 2. The molecule has 4 nitrogen and oxygen atoms in total. The number of benzene rings is 1. The molecule has 0 aliphatic rings. The molecule has 7 heteroatoms. The zero-order valence-electron chi connectivity index (χ0n) is 12.7. The number of anilines is 1. The Morgan fingerprint density at radius 2 is 1.78 bits per heavy atom. The number of rotatable bonds is 5. The monoisotopic (exact) mass is 370 g/mol. The Balaban J connectivity index is 2.01. The van der Waals surface area contributed by atoms with Gasteiger partial charge < -0.3 is 10.6 Å². The van der Waals surface area contributed by atoms with Crippen molar-refractivity contribution in [3.63, 3.8) is 0 Å². The molecule has 2 N–H and O–H groups in total. The molecule has 0 aliphatic heterocycles. The fourth-order valence-electron chi connectivity index (χ4n) is 1.80. The van der Waals surface area contributed by atoms with Crippen molar-refractivity contribution in [1.29, 1.82) is 0 Å². The first-order valence-electron chi connectivity index (χ1n) is 7.01. The number of nitrogens with one attached hydrogen (secondary N) is 2. The van der Waals surface area contributed by atoms with Gasteiger partial charge in [-0.25, -0.2) is 0 Å². The molecule has 1 aromatic carbocycles. The lowest BCUT2D eigenvalue weighted by atomic mass is 10.1. The van der Waals surface area contributed by atoms with Gasteiger partial charge in [-0.3, -0.25) is 9.59 Å². The van der Waals surface area contributed by atoms with Gasteiger partial charge in [0.05, 0.1) is 9.90 Å². The summed E-state index contributed by atoms with van der Waals surface area (Å²) >= 11 is 12.9. The molecule has 1 heterocycles. The van der Waals surface area contributed by atoms with E-state index in [4.69, 9.17) is 23.2 Å². The van der Waals surface area contributed by atoms with Crippen LogP contribution in [0.1, 0.15) is 34.6 Å². The normalized spacial score (nSPS) is 10.7. The lowest BCUT2D eigenvalue weighted by Gasteiger charge is -2.09. The molecular formula is C16H16Cl2N2O2S. The lowest BCUT2D eigenvalue weighted by Crippen LogP contribution is -2.27. The average Bonchev–Trinajstić information content (AvgIpc) is 2.84. The smallest absolute Gasteiger partial charge is 0.258 e. The summed E-state index contributed by atoms with van der Waals surface area (Å²) in [6, 6.07) is 8.19. The maximum absolute atomic E-state index is 12.1. The summed E-state index contributed by atoms with van der Waals surface area (Å²) in [7, 11) is 0. The minimum atomic E-state index is -0.338. The van der Waals surface area contributed by atoms with Crippen molar-refractivity contribution in [3.05, 3.63) is 50.1 Å². The third-order valence-corrected chi connectivity index (χ3v) is 4.46. The Labute approximate surface area is 148 Å². The van der Waals surface area contributed by atoms with Crippen LogP contribution in [-0.2, 0) is 0 Å². The molecule has 2 rings (SSSR count). The van der Waals surface area contributed by atoms with E-state index in [0.29, 0.717) is 37.9 Å². The predicted molar refractivity (Wildman–Crippen MR) is 95.9 cm³/mol. The van der Waals surface area contributed by atoms with Crippen LogP contribution in [0, 0.1) is 5.92 Å². The second-order valence-electron chi connectivity index (χ2n) is 5.37. The number of hydrogen-bond acceptors (Lipinski definition) is 3. The average molecular weight is 371 g/mol. The Bertz CT molecular complexity index is 711. The summed E-state index contributed by atoms with van der Waals surface area (Å²) in [6.07, 6.45) is 0. The molecule has 0 atom stereocenters. The summed E-state index contributed by atoms with van der Waals surface area (Å²) < 4.78 is 0.800. The molecule has 2 amide bonds. The maximum Gasteiger partial charge on any atom is 0.258 e. The fraction of sp³-hybridized carbons (Fsp3) is 0.250. The second kappa shape index (κ2) is 7.81. The first-order chi connectivity index (χ1) is 10.9. The quantitative estimate of drug-likeness (QED) is 0.801. The topological polar surface area (TPSA) is 58.2 Å². The first kappa shape index (κ1) is 17.8. The Hall–Kier alpha value is -1.56. The molecule has 122 valence electrons. The molecule has 0 unspecified atom stereocenters. The Morgan fingerprint density at radius 1 is 1.13 bits per heavy atom. The van der Waals surface area contributed by atoms with Gasteiger partial charge in [0.1, 0.15) is 4.34 Å². The van der Waals surface area contributed by atoms with Crippen LogP contribution in [0.5, 0.6) is 0 Å². The van der Waals surface area contributed by atoms with Crippen LogP contribution in [0.15, 0.2) is 30.3 Å². The number of carbonyl (C=O) groups excluding carboxylic acids is 2. The van der Waals surface area contributed by atoms with Gasteiger partial charge in [0, 0.05) is 17.8 Å². The Morgan fingerprint density at radius 3 is 2.30 bits per heavy atom. The van der Waals surface area contributed by atoms with Crippen LogP contribution in [0.25, 0.3) is 0 Å². The van der Waals surface area contributed by atoms with Crippen molar-refractivity contribution < 1.29 is 9.59 Å². The van der Waals surface area contributed by atoms with Crippen LogP contribution < -0.4 is 10.6 Å². The molecule has 23 heavy (non-hydrogen) atoms. The van der Waals surface area contributed by atoms with Crippen molar-refractivity contribution in [1.82, 2.24) is 5.32 Å². The standard InChI is InChI=1S/C16H16Cl2N2O2S/c1-9(2)8-19-15(21)10-3-5-11(6-4-10)20-16(22)12-7-13(17)23-14(12)18/h3-7,9H,8H2,1-2H3,(H,19,21)(H,20,22). The maximum atomic E-state index is 12.1. The van der Waals surface area contributed by atoms with Crippen molar-refractivity contribution in [2.45, 2.75) is 13.8 Å². The number of hydrogen-bond donors (Lipinski definition) is 2. The van der Waals surface area contributed by atoms with Gasteiger partial charge in [-0.05, 0) is 36.2 Å². The summed E-state index contributed by atoms with van der Waals surface area (Å²) in [5, 5.41) is 5.56. The van der Waals surface area contributed by atoms with Gasteiger partial charge in [-0.15, -0.1) is 11.3 Å². The van der Waals surface area contributed by atoms with E-state index >= 15 is 0 Å². The van der Waals surface area contributed by atoms with Gasteiger partial charge in [0.15, 0.2) is 0 Å². The van der Waals surface area contributed by atoms with E-state index < -0.39 is 0 Å². The van der Waals surface area contributed by atoms with E-state index in [1.165, 1.54) is 6.07 Å². The van der Waals surface area contributed by atoms with Crippen LogP contribution >= 0.6 is 34.5 Å². The summed E-state index contributed by atoms with van der Waals surface area (Å²) in [6.45, 7) is 4.68. The highest BCUT2D eigenvalue weighted by molar-refractivity contribution is 7.20. The summed E-state index contributed by atoms with van der Waals surface area (Å²) in [5.74, 6) is -0.0842. The van der Waals surface area contributed by atoms with Crippen molar-refractivity contribution in [3.8, 4) is 0 Å². The van der Waals surface area contributed by atoms with Crippen LogP contribution in [-0.4, -0.2) is 18.4 Å². The summed E-state index contributed by atoms with van der Waals surface area (Å²) in [5.41, 5.74) is 1.45. The zero-order chi connectivity index (χ0) is 17.0. The van der Waals surface area contributed by atoms with E-state index in [9.17, 15) is 9.59 Å². The molecular weight excluding hydrogens is 355 g/mol. The number of halogens is 2. The van der Waals surface area contributed by atoms with Crippen molar-refractivity contribution >= 4 is 52.0 Å². The molecule has 0 saturated carbocycles. The molecule has 0 aliphatic carbocycles. The largest absolute Gasteiger partial charge is 0.352 e. The highest BCUT2D eigenvalue weighted by Crippen LogP contribution is 2.31. The van der Waals surface area contributed by atoms with E-state index in [0.717, 1.165) is 11.3 Å². The van der Waals surface area contributed by atoms with Crippen molar-refractivity contribution in [2.75, 3.05) is 11.9 Å².